The fourth-order valence-corrected chi connectivity index (χ4v) is 8.74. The Morgan fingerprint density at radius 3 is 1.18 bits per heavy atom. The number of hydrogen-bond donors (Lipinski definition) is 0. The molecule has 0 amide bonds. The summed E-state index contributed by atoms with van der Waals surface area (Å²) >= 11 is 0. The number of para-hydroxylation sites is 2. The zero-order valence-electron chi connectivity index (χ0n) is 33.0. The number of nitrogens with zero attached hydrogens (tertiary/aromatic N) is 2. The molecule has 0 aliphatic heterocycles. The van der Waals surface area contributed by atoms with E-state index in [1.807, 2.05) is 0 Å². The first-order valence-corrected chi connectivity index (χ1v) is 20.6. The van der Waals surface area contributed by atoms with Crippen molar-refractivity contribution in [2.75, 3.05) is 4.90 Å². The smallest absolute Gasteiger partial charge is 0.0541 e. The highest BCUT2D eigenvalue weighted by Gasteiger charge is 2.16. The minimum Gasteiger partial charge on any atom is -0.311 e. The molecule has 0 saturated heterocycles. The van der Waals surface area contributed by atoms with Crippen molar-refractivity contribution < 1.29 is 0 Å². The summed E-state index contributed by atoms with van der Waals surface area (Å²) < 4.78 is 2.38. The normalized spacial score (nSPS) is 11.3. The van der Waals surface area contributed by atoms with E-state index in [2.05, 4.69) is 252 Å². The molecule has 282 valence electrons. The van der Waals surface area contributed by atoms with Crippen LogP contribution >= 0.6 is 0 Å². The van der Waals surface area contributed by atoms with Gasteiger partial charge in [-0.2, -0.15) is 0 Å². The van der Waals surface area contributed by atoms with Crippen LogP contribution in [0, 0.1) is 0 Å². The zero-order chi connectivity index (χ0) is 39.8. The van der Waals surface area contributed by atoms with Crippen LogP contribution in [0.5, 0.6) is 0 Å². The third kappa shape index (κ3) is 6.51. The van der Waals surface area contributed by atoms with Gasteiger partial charge < -0.3 is 9.47 Å². The molecule has 0 radical (unpaired) electrons. The van der Waals surface area contributed by atoms with Crippen LogP contribution in [0.4, 0.5) is 17.1 Å². The Morgan fingerprint density at radius 1 is 0.250 bits per heavy atom. The lowest BCUT2D eigenvalue weighted by atomic mass is 9.99. The molecule has 0 saturated carbocycles. The van der Waals surface area contributed by atoms with E-state index >= 15 is 0 Å². The first-order valence-electron chi connectivity index (χ1n) is 20.6. The van der Waals surface area contributed by atoms with Gasteiger partial charge in [-0.3, -0.25) is 0 Å². The number of rotatable bonds is 8. The largest absolute Gasteiger partial charge is 0.311 e. The molecule has 11 aromatic rings. The third-order valence-corrected chi connectivity index (χ3v) is 11.8. The molecule has 0 aliphatic carbocycles. The summed E-state index contributed by atoms with van der Waals surface area (Å²) in [6.07, 6.45) is 0. The molecule has 0 unspecified atom stereocenters. The Kier molecular flexibility index (Phi) is 8.87. The highest BCUT2D eigenvalue weighted by molar-refractivity contribution is 6.09. The van der Waals surface area contributed by atoms with Gasteiger partial charge >= 0.3 is 0 Å². The molecule has 0 N–H and O–H groups in total. The van der Waals surface area contributed by atoms with E-state index < -0.39 is 0 Å². The molecular formula is C58H40N2. The Hall–Kier alpha value is -7.94. The van der Waals surface area contributed by atoms with Gasteiger partial charge in [0.15, 0.2) is 0 Å². The second kappa shape index (κ2) is 15.1. The summed E-state index contributed by atoms with van der Waals surface area (Å²) in [7, 11) is 0. The number of hydrogen-bond acceptors (Lipinski definition) is 1. The molecule has 10 aromatic carbocycles. The first-order chi connectivity index (χ1) is 29.7. The van der Waals surface area contributed by atoms with Gasteiger partial charge in [0.05, 0.1) is 11.0 Å². The van der Waals surface area contributed by atoms with Crippen LogP contribution in [0.2, 0.25) is 0 Å². The highest BCUT2D eigenvalue weighted by atomic mass is 15.1. The van der Waals surface area contributed by atoms with Crippen molar-refractivity contribution in [2.24, 2.45) is 0 Å². The van der Waals surface area contributed by atoms with Crippen molar-refractivity contribution >= 4 is 49.6 Å². The Balaban J connectivity index is 0.944. The van der Waals surface area contributed by atoms with Gasteiger partial charge in [-0.1, -0.05) is 176 Å². The van der Waals surface area contributed by atoms with Gasteiger partial charge in [0.2, 0.25) is 0 Å². The molecule has 1 aromatic heterocycles. The van der Waals surface area contributed by atoms with Crippen LogP contribution in [-0.2, 0) is 0 Å². The summed E-state index contributed by atoms with van der Waals surface area (Å²) in [6, 6.07) is 87.8. The molecule has 2 nitrogen and oxygen atoms in total. The van der Waals surface area contributed by atoms with Gasteiger partial charge in [-0.25, -0.2) is 0 Å². The Morgan fingerprint density at radius 2 is 0.633 bits per heavy atom. The van der Waals surface area contributed by atoms with Crippen molar-refractivity contribution in [1.82, 2.24) is 4.57 Å². The topological polar surface area (TPSA) is 8.17 Å². The summed E-state index contributed by atoms with van der Waals surface area (Å²) in [5.41, 5.74) is 16.4. The van der Waals surface area contributed by atoms with Crippen molar-refractivity contribution in [3.63, 3.8) is 0 Å². The lowest BCUT2D eigenvalue weighted by Crippen LogP contribution is -2.09. The molecule has 0 spiro atoms. The van der Waals surface area contributed by atoms with E-state index in [0.717, 1.165) is 22.7 Å². The second-order valence-electron chi connectivity index (χ2n) is 15.4. The fourth-order valence-electron chi connectivity index (χ4n) is 8.74. The van der Waals surface area contributed by atoms with Gasteiger partial charge in [0, 0.05) is 33.5 Å². The molecule has 0 fully saturated rings. The van der Waals surface area contributed by atoms with Crippen LogP contribution in [0.25, 0.3) is 82.8 Å². The fraction of sp³-hybridized carbons (Fsp3) is 0. The van der Waals surface area contributed by atoms with Crippen LogP contribution < -0.4 is 4.90 Å². The molecule has 60 heavy (non-hydrogen) atoms. The Bertz CT molecular complexity index is 3220. The second-order valence-corrected chi connectivity index (χ2v) is 15.4. The van der Waals surface area contributed by atoms with E-state index in [0.29, 0.717) is 0 Å². The van der Waals surface area contributed by atoms with Crippen molar-refractivity contribution in [3.05, 3.63) is 243 Å². The van der Waals surface area contributed by atoms with E-state index in [4.69, 9.17) is 0 Å². The van der Waals surface area contributed by atoms with Gasteiger partial charge in [-0.15, -0.1) is 0 Å². The Labute approximate surface area is 350 Å². The third-order valence-electron chi connectivity index (χ3n) is 11.8. The van der Waals surface area contributed by atoms with Crippen molar-refractivity contribution in [1.29, 1.82) is 0 Å². The van der Waals surface area contributed by atoms with Gasteiger partial charge in [-0.05, 0) is 122 Å². The molecule has 1 heterocycles. The van der Waals surface area contributed by atoms with Gasteiger partial charge in [0.25, 0.3) is 0 Å². The lowest BCUT2D eigenvalue weighted by Gasteiger charge is -2.26. The summed E-state index contributed by atoms with van der Waals surface area (Å²) in [5.74, 6) is 0. The average molecular weight is 765 g/mol. The summed E-state index contributed by atoms with van der Waals surface area (Å²) in [6.45, 7) is 0. The molecule has 0 aliphatic rings. The standard InChI is InChI=1S/C58H40N2/c1-2-11-41(12-3-1)43-21-23-44(24-22-43)45-27-33-51(34-28-45)59(53-37-31-47(32-38-53)50-26-25-42-13-4-5-14-48(42)39-50)52-35-29-46(30-36-52)49-15-10-16-54(40-49)60-57-19-8-6-17-55(57)56-18-7-9-20-58(56)60/h1-40H. The number of fused-ring (bicyclic) bond motifs is 4. The van der Waals surface area contributed by atoms with Gasteiger partial charge in [0.1, 0.15) is 0 Å². The maximum atomic E-state index is 2.38. The quantitative estimate of drug-likeness (QED) is 0.150. The first kappa shape index (κ1) is 35.2. The average Bonchev–Trinajstić information content (AvgIpc) is 3.67. The number of benzene rings is 10. The summed E-state index contributed by atoms with van der Waals surface area (Å²) in [4.78, 5) is 2.35. The number of anilines is 3. The van der Waals surface area contributed by atoms with E-state index in [1.54, 1.807) is 0 Å². The van der Waals surface area contributed by atoms with Crippen LogP contribution in [0.15, 0.2) is 243 Å². The molecular weight excluding hydrogens is 725 g/mol. The van der Waals surface area contributed by atoms with Crippen molar-refractivity contribution in [2.45, 2.75) is 0 Å². The maximum Gasteiger partial charge on any atom is 0.0541 e. The lowest BCUT2D eigenvalue weighted by molar-refractivity contribution is 1.18. The maximum absolute atomic E-state index is 2.38. The van der Waals surface area contributed by atoms with E-state index in [1.165, 1.54) is 77.1 Å². The molecule has 0 atom stereocenters. The predicted molar refractivity (Wildman–Crippen MR) is 255 cm³/mol. The van der Waals surface area contributed by atoms with E-state index in [9.17, 15) is 0 Å². The van der Waals surface area contributed by atoms with E-state index in [-0.39, 0.29) is 0 Å². The minimum atomic E-state index is 1.09. The van der Waals surface area contributed by atoms with Crippen molar-refractivity contribution in [3.8, 4) is 50.2 Å². The minimum absolute atomic E-state index is 1.09. The number of aromatic nitrogens is 1. The molecule has 11 rings (SSSR count). The summed E-state index contributed by atoms with van der Waals surface area (Å²) in [5, 5.41) is 5.03. The van der Waals surface area contributed by atoms with Crippen LogP contribution in [0.3, 0.4) is 0 Å². The highest BCUT2D eigenvalue weighted by Crippen LogP contribution is 2.39. The van der Waals surface area contributed by atoms with Crippen LogP contribution in [-0.4, -0.2) is 4.57 Å². The SMILES string of the molecule is c1ccc(-c2ccc(-c3ccc(N(c4ccc(-c5cccc(-n6c7ccccc7c7ccccc76)c5)cc4)c4ccc(-c5ccc6ccccc6c5)cc4)cc3)cc2)cc1. The molecule has 2 heteroatoms. The van der Waals surface area contributed by atoms with Crippen LogP contribution in [0.1, 0.15) is 0 Å². The predicted octanol–water partition coefficient (Wildman–Crippen LogP) is 16.1. The monoisotopic (exact) mass is 764 g/mol. The molecule has 0 bridgehead atoms. The zero-order valence-corrected chi connectivity index (χ0v) is 33.0.